The van der Waals surface area contributed by atoms with Crippen molar-refractivity contribution in [1.29, 1.82) is 0 Å². The van der Waals surface area contributed by atoms with E-state index in [9.17, 15) is 0 Å². The van der Waals surface area contributed by atoms with Crippen molar-refractivity contribution in [1.82, 2.24) is 0 Å². The van der Waals surface area contributed by atoms with Crippen LogP contribution < -0.4 is 10.6 Å². The molecule has 20 heavy (non-hydrogen) atoms. The fourth-order valence-corrected chi connectivity index (χ4v) is 4.42. The molecular weight excluding hydrogens is 244 g/mol. The van der Waals surface area contributed by atoms with Crippen molar-refractivity contribution in [2.24, 2.45) is 23.5 Å². The molecule has 0 bridgehead atoms. The Balaban J connectivity index is 1.77. The molecule has 2 nitrogen and oxygen atoms in total. The molecule has 1 saturated carbocycles. The number of nitrogens with zero attached hydrogens (tertiary/aromatic N) is 1. The van der Waals surface area contributed by atoms with Crippen molar-refractivity contribution < 1.29 is 0 Å². The van der Waals surface area contributed by atoms with Crippen molar-refractivity contribution in [3.8, 4) is 0 Å². The summed E-state index contributed by atoms with van der Waals surface area (Å²) in [7, 11) is 0. The van der Waals surface area contributed by atoms with Crippen LogP contribution in [0.15, 0.2) is 24.3 Å². The summed E-state index contributed by atoms with van der Waals surface area (Å²) < 4.78 is 0. The highest BCUT2D eigenvalue weighted by atomic mass is 15.2. The summed E-state index contributed by atoms with van der Waals surface area (Å²) in [5.41, 5.74) is 9.42. The lowest BCUT2D eigenvalue weighted by atomic mass is 9.72. The number of hydrogen-bond donors (Lipinski definition) is 1. The predicted molar refractivity (Wildman–Crippen MR) is 86.0 cm³/mol. The van der Waals surface area contributed by atoms with Crippen LogP contribution in [-0.4, -0.2) is 18.6 Å². The standard InChI is InChI=1S/C18H28N2/c1-12-8-13(2)16(17(19)9-12)11-20-14(3)10-15-6-4-5-7-18(15)20/h4-7,12-14,16-17H,8-11,19H2,1-3H3. The van der Waals surface area contributed by atoms with E-state index in [1.165, 1.54) is 30.5 Å². The summed E-state index contributed by atoms with van der Waals surface area (Å²) >= 11 is 0. The Kier molecular flexibility index (Phi) is 3.76. The van der Waals surface area contributed by atoms with Gasteiger partial charge in [0, 0.05) is 24.3 Å². The van der Waals surface area contributed by atoms with Gasteiger partial charge < -0.3 is 10.6 Å². The molecule has 0 aromatic heterocycles. The van der Waals surface area contributed by atoms with E-state index < -0.39 is 0 Å². The summed E-state index contributed by atoms with van der Waals surface area (Å²) in [6.45, 7) is 8.22. The Morgan fingerprint density at radius 1 is 1.15 bits per heavy atom. The van der Waals surface area contributed by atoms with Crippen molar-refractivity contribution in [3.63, 3.8) is 0 Å². The van der Waals surface area contributed by atoms with Crippen molar-refractivity contribution >= 4 is 5.69 Å². The van der Waals surface area contributed by atoms with Gasteiger partial charge in [-0.15, -0.1) is 0 Å². The number of fused-ring (bicyclic) bond motifs is 1. The Morgan fingerprint density at radius 3 is 2.65 bits per heavy atom. The summed E-state index contributed by atoms with van der Waals surface area (Å²) in [5, 5.41) is 0. The van der Waals surface area contributed by atoms with Crippen LogP contribution in [0.3, 0.4) is 0 Å². The fraction of sp³-hybridized carbons (Fsp3) is 0.667. The second-order valence-corrected chi connectivity index (χ2v) is 7.22. The molecule has 2 heteroatoms. The van der Waals surface area contributed by atoms with Crippen LogP contribution in [0.5, 0.6) is 0 Å². The second kappa shape index (κ2) is 5.40. The maximum atomic E-state index is 6.48. The number of rotatable bonds is 2. The van der Waals surface area contributed by atoms with E-state index >= 15 is 0 Å². The van der Waals surface area contributed by atoms with Crippen LogP contribution in [0.4, 0.5) is 5.69 Å². The summed E-state index contributed by atoms with van der Waals surface area (Å²) in [6, 6.07) is 9.86. The third-order valence-corrected chi connectivity index (χ3v) is 5.49. The summed E-state index contributed by atoms with van der Waals surface area (Å²) in [4.78, 5) is 2.60. The highest BCUT2D eigenvalue weighted by molar-refractivity contribution is 5.59. The molecule has 1 aromatic rings. The van der Waals surface area contributed by atoms with E-state index in [1.807, 2.05) is 0 Å². The van der Waals surface area contributed by atoms with Gasteiger partial charge in [-0.05, 0) is 55.6 Å². The van der Waals surface area contributed by atoms with Gasteiger partial charge in [0.1, 0.15) is 0 Å². The molecule has 1 aliphatic carbocycles. The van der Waals surface area contributed by atoms with Gasteiger partial charge in [0.25, 0.3) is 0 Å². The van der Waals surface area contributed by atoms with Gasteiger partial charge in [0.2, 0.25) is 0 Å². The average molecular weight is 272 g/mol. The predicted octanol–water partition coefficient (Wildman–Crippen LogP) is 3.45. The third-order valence-electron chi connectivity index (χ3n) is 5.49. The van der Waals surface area contributed by atoms with E-state index in [4.69, 9.17) is 5.73 Å². The molecule has 0 radical (unpaired) electrons. The summed E-state index contributed by atoms with van der Waals surface area (Å²) in [6.07, 6.45) is 3.71. The van der Waals surface area contributed by atoms with E-state index in [2.05, 4.69) is 49.9 Å². The molecule has 1 heterocycles. The smallest absolute Gasteiger partial charge is 0.0402 e. The highest BCUT2D eigenvalue weighted by Gasteiger charge is 2.35. The molecular formula is C18H28N2. The normalized spacial score (nSPS) is 37.0. The molecule has 0 amide bonds. The number of para-hydroxylation sites is 1. The van der Waals surface area contributed by atoms with Crippen molar-refractivity contribution in [2.45, 2.75) is 52.1 Å². The first-order chi connectivity index (χ1) is 9.56. The first-order valence-electron chi connectivity index (χ1n) is 8.16. The average Bonchev–Trinajstić information content (AvgIpc) is 2.69. The Hall–Kier alpha value is -1.02. The van der Waals surface area contributed by atoms with Gasteiger partial charge in [-0.1, -0.05) is 32.0 Å². The molecule has 5 unspecified atom stereocenters. The van der Waals surface area contributed by atoms with Gasteiger partial charge in [-0.3, -0.25) is 0 Å². The lowest BCUT2D eigenvalue weighted by Gasteiger charge is -2.41. The Labute approximate surface area is 123 Å². The largest absolute Gasteiger partial charge is 0.368 e. The van der Waals surface area contributed by atoms with E-state index in [0.29, 0.717) is 18.0 Å². The van der Waals surface area contributed by atoms with Crippen LogP contribution in [0.25, 0.3) is 0 Å². The molecule has 2 N–H and O–H groups in total. The van der Waals surface area contributed by atoms with E-state index in [1.54, 1.807) is 0 Å². The minimum Gasteiger partial charge on any atom is -0.368 e. The maximum Gasteiger partial charge on any atom is 0.0402 e. The number of anilines is 1. The molecule has 1 aliphatic heterocycles. The topological polar surface area (TPSA) is 29.3 Å². The van der Waals surface area contributed by atoms with Crippen LogP contribution in [-0.2, 0) is 6.42 Å². The van der Waals surface area contributed by atoms with E-state index in [0.717, 1.165) is 18.4 Å². The Morgan fingerprint density at radius 2 is 1.90 bits per heavy atom. The third kappa shape index (κ3) is 2.46. The first kappa shape index (κ1) is 13.9. The van der Waals surface area contributed by atoms with Crippen LogP contribution >= 0.6 is 0 Å². The molecule has 1 aromatic carbocycles. The van der Waals surface area contributed by atoms with Gasteiger partial charge in [-0.25, -0.2) is 0 Å². The molecule has 0 spiro atoms. The lowest BCUT2D eigenvalue weighted by Crippen LogP contribution is -2.47. The monoisotopic (exact) mass is 272 g/mol. The van der Waals surface area contributed by atoms with Crippen molar-refractivity contribution in [2.75, 3.05) is 11.4 Å². The van der Waals surface area contributed by atoms with Crippen molar-refractivity contribution in [3.05, 3.63) is 29.8 Å². The zero-order chi connectivity index (χ0) is 14.3. The maximum absolute atomic E-state index is 6.48. The number of hydrogen-bond acceptors (Lipinski definition) is 2. The molecule has 2 aliphatic rings. The number of benzene rings is 1. The van der Waals surface area contributed by atoms with Gasteiger partial charge in [-0.2, -0.15) is 0 Å². The zero-order valence-electron chi connectivity index (χ0n) is 13.0. The summed E-state index contributed by atoms with van der Waals surface area (Å²) in [5.74, 6) is 2.17. The lowest BCUT2D eigenvalue weighted by molar-refractivity contribution is 0.176. The zero-order valence-corrected chi connectivity index (χ0v) is 13.0. The number of nitrogens with two attached hydrogens (primary N) is 1. The minimum absolute atomic E-state index is 0.369. The SMILES string of the molecule is CC1CC(C)C(CN2c3ccccc3CC2C)C(N)C1. The van der Waals surface area contributed by atoms with Crippen LogP contribution in [0.1, 0.15) is 39.2 Å². The van der Waals surface area contributed by atoms with E-state index in [-0.39, 0.29) is 0 Å². The van der Waals surface area contributed by atoms with Gasteiger partial charge in [0.05, 0.1) is 0 Å². The minimum atomic E-state index is 0.369. The molecule has 3 rings (SSSR count). The van der Waals surface area contributed by atoms with Crippen LogP contribution in [0.2, 0.25) is 0 Å². The van der Waals surface area contributed by atoms with Gasteiger partial charge in [0.15, 0.2) is 0 Å². The second-order valence-electron chi connectivity index (χ2n) is 7.22. The van der Waals surface area contributed by atoms with Crippen LogP contribution in [0, 0.1) is 17.8 Å². The first-order valence-corrected chi connectivity index (χ1v) is 8.16. The molecule has 0 saturated heterocycles. The Bertz CT molecular complexity index is 458. The quantitative estimate of drug-likeness (QED) is 0.893. The van der Waals surface area contributed by atoms with Gasteiger partial charge >= 0.3 is 0 Å². The molecule has 110 valence electrons. The highest BCUT2D eigenvalue weighted by Crippen LogP contribution is 2.37. The fourth-order valence-electron chi connectivity index (χ4n) is 4.42. The molecule has 5 atom stereocenters. The molecule has 1 fully saturated rings.